The molecule has 0 radical (unpaired) electrons. The molecule has 3 N–H and O–H groups in total. The fraction of sp³-hybridized carbons (Fsp3) is 0.179. The van der Waals surface area contributed by atoms with Crippen molar-refractivity contribution in [2.24, 2.45) is 0 Å². The zero-order valence-corrected chi connectivity index (χ0v) is 19.4. The molecule has 1 aromatic heterocycles. The summed E-state index contributed by atoms with van der Waals surface area (Å²) in [6.45, 7) is 0. The summed E-state index contributed by atoms with van der Waals surface area (Å²) in [4.78, 5) is 42.1. The highest BCUT2D eigenvalue weighted by Crippen LogP contribution is 2.19. The Bertz CT molecular complexity index is 1300. The number of H-pyrrole nitrogens is 1. The van der Waals surface area contributed by atoms with Crippen LogP contribution in [0.4, 0.5) is 0 Å². The summed E-state index contributed by atoms with van der Waals surface area (Å²) in [5.41, 5.74) is 3.14. The molecular weight excluding hydrogens is 442 g/mol. The molecule has 2 amide bonds. The van der Waals surface area contributed by atoms with Gasteiger partial charge in [-0.25, -0.2) is 4.79 Å². The minimum atomic E-state index is -0.912. The fourth-order valence-electron chi connectivity index (χ4n) is 4.02. The number of aromatic nitrogens is 1. The predicted molar refractivity (Wildman–Crippen MR) is 134 cm³/mol. The monoisotopic (exact) mass is 469 g/mol. The number of amides is 2. The lowest BCUT2D eigenvalue weighted by Crippen LogP contribution is -2.53. The normalized spacial score (nSPS) is 12.5. The molecule has 3 aromatic carbocycles. The predicted octanol–water partition coefficient (Wildman–Crippen LogP) is 3.41. The first-order valence-electron chi connectivity index (χ1n) is 11.4. The lowest BCUT2D eigenvalue weighted by Gasteiger charge is -2.22. The first-order chi connectivity index (χ1) is 17.0. The molecule has 0 saturated heterocycles. The molecule has 4 rings (SSSR count). The first kappa shape index (κ1) is 23.8. The van der Waals surface area contributed by atoms with E-state index in [0.29, 0.717) is 5.56 Å². The number of esters is 1. The Balaban J connectivity index is 1.58. The number of aromatic amines is 1. The molecule has 35 heavy (non-hydrogen) atoms. The number of carbonyl (C=O) groups is 3. The fourth-order valence-corrected chi connectivity index (χ4v) is 4.02. The van der Waals surface area contributed by atoms with Crippen LogP contribution >= 0.6 is 0 Å². The number of nitrogens with one attached hydrogen (secondary N) is 3. The summed E-state index contributed by atoms with van der Waals surface area (Å²) in [6.07, 6.45) is 2.35. The lowest BCUT2D eigenvalue weighted by molar-refractivity contribution is -0.145. The Kier molecular flexibility index (Phi) is 7.57. The van der Waals surface area contributed by atoms with Crippen LogP contribution in [0, 0.1) is 0 Å². The highest BCUT2D eigenvalue weighted by molar-refractivity contribution is 5.98. The third-order valence-electron chi connectivity index (χ3n) is 5.84. The van der Waals surface area contributed by atoms with Gasteiger partial charge in [0.1, 0.15) is 12.1 Å². The van der Waals surface area contributed by atoms with Crippen LogP contribution in [0.15, 0.2) is 91.1 Å². The molecule has 0 unspecified atom stereocenters. The molecule has 1 heterocycles. The van der Waals surface area contributed by atoms with Gasteiger partial charge in [0.2, 0.25) is 5.91 Å². The first-order valence-corrected chi connectivity index (χ1v) is 11.4. The Morgan fingerprint density at radius 3 is 2.17 bits per heavy atom. The third kappa shape index (κ3) is 5.95. The van der Waals surface area contributed by atoms with Crippen molar-refractivity contribution in [3.63, 3.8) is 0 Å². The second-order valence-electron chi connectivity index (χ2n) is 8.23. The Hall–Kier alpha value is -4.39. The molecular formula is C28H27N3O4. The van der Waals surface area contributed by atoms with Crippen molar-refractivity contribution in [3.05, 3.63) is 108 Å². The van der Waals surface area contributed by atoms with Crippen molar-refractivity contribution in [1.29, 1.82) is 0 Å². The minimum Gasteiger partial charge on any atom is -0.467 e. The quantitative estimate of drug-likeness (QED) is 0.327. The van der Waals surface area contributed by atoms with Crippen molar-refractivity contribution in [1.82, 2.24) is 15.6 Å². The number of hydrogen-bond acceptors (Lipinski definition) is 4. The summed E-state index contributed by atoms with van der Waals surface area (Å²) in [6, 6.07) is 24.0. The van der Waals surface area contributed by atoms with Gasteiger partial charge in [0.25, 0.3) is 5.91 Å². The van der Waals surface area contributed by atoms with E-state index < -0.39 is 24.0 Å². The number of fused-ring (bicyclic) bond motifs is 1. The van der Waals surface area contributed by atoms with Crippen molar-refractivity contribution < 1.29 is 19.1 Å². The van der Waals surface area contributed by atoms with Crippen LogP contribution in [-0.2, 0) is 27.2 Å². The van der Waals surface area contributed by atoms with E-state index in [1.54, 1.807) is 24.3 Å². The van der Waals surface area contributed by atoms with Gasteiger partial charge in [-0.05, 0) is 29.3 Å². The van der Waals surface area contributed by atoms with Crippen molar-refractivity contribution in [2.45, 2.75) is 24.9 Å². The van der Waals surface area contributed by atoms with Gasteiger partial charge in [0.05, 0.1) is 7.11 Å². The third-order valence-corrected chi connectivity index (χ3v) is 5.84. The van der Waals surface area contributed by atoms with Gasteiger partial charge in [0, 0.05) is 35.5 Å². The van der Waals surface area contributed by atoms with Crippen LogP contribution in [0.1, 0.15) is 21.5 Å². The zero-order chi connectivity index (χ0) is 24.6. The SMILES string of the molecule is COC(=O)[C@@H](Cc1ccccc1)NC(=O)[C@@H](Cc1c[nH]c2ccccc12)NC(=O)c1ccccc1. The van der Waals surface area contributed by atoms with Gasteiger partial charge in [-0.3, -0.25) is 9.59 Å². The topological polar surface area (TPSA) is 100 Å². The number of benzene rings is 3. The number of hydrogen-bond donors (Lipinski definition) is 3. The smallest absolute Gasteiger partial charge is 0.328 e. The molecule has 4 aromatic rings. The second kappa shape index (κ2) is 11.2. The van der Waals surface area contributed by atoms with Crippen molar-refractivity contribution in [2.75, 3.05) is 7.11 Å². The molecule has 0 saturated carbocycles. The summed E-state index contributed by atoms with van der Waals surface area (Å²) < 4.78 is 4.93. The van der Waals surface area contributed by atoms with E-state index in [1.807, 2.05) is 66.9 Å². The van der Waals surface area contributed by atoms with Gasteiger partial charge < -0.3 is 20.4 Å². The maximum Gasteiger partial charge on any atom is 0.328 e. The van der Waals surface area contributed by atoms with Crippen molar-refractivity contribution in [3.8, 4) is 0 Å². The number of ether oxygens (including phenoxy) is 1. The number of para-hydroxylation sites is 1. The summed E-state index contributed by atoms with van der Waals surface area (Å²) in [7, 11) is 1.28. The van der Waals surface area contributed by atoms with Crippen LogP contribution in [0.25, 0.3) is 10.9 Å². The maximum absolute atomic E-state index is 13.4. The lowest BCUT2D eigenvalue weighted by atomic mass is 10.0. The molecule has 7 nitrogen and oxygen atoms in total. The van der Waals surface area contributed by atoms with Gasteiger partial charge in [0.15, 0.2) is 0 Å². The van der Waals surface area contributed by atoms with E-state index in [9.17, 15) is 14.4 Å². The molecule has 7 heteroatoms. The van der Waals surface area contributed by atoms with E-state index in [2.05, 4.69) is 15.6 Å². The van der Waals surface area contributed by atoms with E-state index in [0.717, 1.165) is 22.0 Å². The Morgan fingerprint density at radius 1 is 0.800 bits per heavy atom. The van der Waals surface area contributed by atoms with E-state index in [1.165, 1.54) is 7.11 Å². The van der Waals surface area contributed by atoms with Crippen molar-refractivity contribution >= 4 is 28.7 Å². The summed E-state index contributed by atoms with van der Waals surface area (Å²) >= 11 is 0. The van der Waals surface area contributed by atoms with Crippen LogP contribution in [0.3, 0.4) is 0 Å². The Labute approximate surface area is 203 Å². The van der Waals surface area contributed by atoms with E-state index in [4.69, 9.17) is 4.74 Å². The number of carbonyl (C=O) groups excluding carboxylic acids is 3. The highest BCUT2D eigenvalue weighted by atomic mass is 16.5. The highest BCUT2D eigenvalue weighted by Gasteiger charge is 2.28. The average Bonchev–Trinajstić information content (AvgIpc) is 3.31. The summed E-state index contributed by atoms with van der Waals surface area (Å²) in [5, 5.41) is 6.61. The molecule has 2 atom stereocenters. The average molecular weight is 470 g/mol. The number of methoxy groups -OCH3 is 1. The number of rotatable bonds is 9. The summed E-state index contributed by atoms with van der Waals surface area (Å²) in [5.74, 6) is -1.39. The molecule has 178 valence electrons. The largest absolute Gasteiger partial charge is 0.467 e. The maximum atomic E-state index is 13.4. The molecule has 0 aliphatic heterocycles. The van der Waals surface area contributed by atoms with Gasteiger partial charge >= 0.3 is 5.97 Å². The van der Waals surface area contributed by atoms with Gasteiger partial charge in [-0.15, -0.1) is 0 Å². The molecule has 0 fully saturated rings. The van der Waals surface area contributed by atoms with Crippen LogP contribution in [0.2, 0.25) is 0 Å². The van der Waals surface area contributed by atoms with E-state index in [-0.39, 0.29) is 18.7 Å². The van der Waals surface area contributed by atoms with Gasteiger partial charge in [-0.1, -0.05) is 66.7 Å². The van der Waals surface area contributed by atoms with E-state index >= 15 is 0 Å². The molecule has 0 aliphatic carbocycles. The zero-order valence-electron chi connectivity index (χ0n) is 19.4. The molecule has 0 spiro atoms. The molecule has 0 aliphatic rings. The van der Waals surface area contributed by atoms with Crippen LogP contribution < -0.4 is 10.6 Å². The van der Waals surface area contributed by atoms with Gasteiger partial charge in [-0.2, -0.15) is 0 Å². The standard InChI is InChI=1S/C28H27N3O4/c1-35-28(34)25(16-19-10-4-2-5-11-19)31-27(33)24(30-26(32)20-12-6-3-7-13-20)17-21-18-29-23-15-9-8-14-22(21)23/h2-15,18,24-25,29H,16-17H2,1H3,(H,30,32)(H,31,33)/t24-,25-/m1/s1. The van der Waals surface area contributed by atoms with Crippen LogP contribution in [0.5, 0.6) is 0 Å². The Morgan fingerprint density at radius 2 is 1.46 bits per heavy atom. The van der Waals surface area contributed by atoms with Crippen LogP contribution in [-0.4, -0.2) is 42.0 Å². The second-order valence-corrected chi connectivity index (χ2v) is 8.23. The minimum absolute atomic E-state index is 0.244. The molecule has 0 bridgehead atoms.